The van der Waals surface area contributed by atoms with Crippen molar-refractivity contribution in [2.45, 2.75) is 51.1 Å². The summed E-state index contributed by atoms with van der Waals surface area (Å²) in [5.41, 5.74) is 0.887. The Morgan fingerprint density at radius 1 is 1.38 bits per heavy atom. The Balaban J connectivity index is 2.53. The van der Waals surface area contributed by atoms with Crippen LogP contribution in [0.2, 0.25) is 0 Å². The summed E-state index contributed by atoms with van der Waals surface area (Å²) in [5.74, 6) is 2.03. The van der Waals surface area contributed by atoms with Gasteiger partial charge in [0.25, 0.3) is 0 Å². The van der Waals surface area contributed by atoms with E-state index in [9.17, 15) is 8.42 Å². The molecule has 21 heavy (non-hydrogen) atoms. The first-order valence-electron chi connectivity index (χ1n) is 7.47. The number of aromatic nitrogens is 1. The summed E-state index contributed by atoms with van der Waals surface area (Å²) >= 11 is 1.82. The molecule has 0 aromatic carbocycles. The highest BCUT2D eigenvalue weighted by Crippen LogP contribution is 2.12. The average molecular weight is 334 g/mol. The third kappa shape index (κ3) is 6.86. The Bertz CT molecular complexity index is 500. The van der Waals surface area contributed by atoms with E-state index in [-0.39, 0.29) is 6.04 Å². The molecule has 7 heteroatoms. The van der Waals surface area contributed by atoms with Gasteiger partial charge in [-0.25, -0.2) is 13.1 Å². The van der Waals surface area contributed by atoms with Crippen molar-refractivity contribution in [3.8, 4) is 0 Å². The van der Waals surface area contributed by atoms with Gasteiger partial charge < -0.3 is 10.3 Å². The van der Waals surface area contributed by atoms with Gasteiger partial charge in [0.05, 0.1) is 4.90 Å². The molecule has 1 unspecified atom stereocenters. The Kier molecular flexibility index (Phi) is 8.39. The van der Waals surface area contributed by atoms with Gasteiger partial charge in [0.1, 0.15) is 0 Å². The van der Waals surface area contributed by atoms with Crippen molar-refractivity contribution in [1.29, 1.82) is 0 Å². The van der Waals surface area contributed by atoms with Gasteiger partial charge in [-0.2, -0.15) is 11.8 Å². The quantitative estimate of drug-likeness (QED) is 0.543. The van der Waals surface area contributed by atoms with E-state index in [2.05, 4.69) is 28.9 Å². The second-order valence-corrected chi connectivity index (χ2v) is 8.15. The second kappa shape index (κ2) is 9.50. The largest absolute Gasteiger partial charge is 0.363 e. The van der Waals surface area contributed by atoms with Crippen LogP contribution in [-0.4, -0.2) is 37.5 Å². The van der Waals surface area contributed by atoms with Crippen LogP contribution >= 0.6 is 11.8 Å². The minimum Gasteiger partial charge on any atom is -0.363 e. The second-order valence-electron chi connectivity index (χ2n) is 5.05. The molecule has 0 aliphatic heterocycles. The number of sulfonamides is 1. The van der Waals surface area contributed by atoms with Gasteiger partial charge in [0.15, 0.2) is 0 Å². The van der Waals surface area contributed by atoms with Crippen LogP contribution in [0.25, 0.3) is 0 Å². The van der Waals surface area contributed by atoms with Crippen LogP contribution in [0, 0.1) is 0 Å². The van der Waals surface area contributed by atoms with Crippen LogP contribution in [-0.2, 0) is 16.6 Å². The first-order valence-corrected chi connectivity index (χ1v) is 10.1. The zero-order valence-electron chi connectivity index (χ0n) is 13.1. The minimum atomic E-state index is -3.42. The number of hydrogen-bond acceptors (Lipinski definition) is 4. The average Bonchev–Trinajstić information content (AvgIpc) is 2.88. The topological polar surface area (TPSA) is 74.0 Å². The summed E-state index contributed by atoms with van der Waals surface area (Å²) < 4.78 is 27.3. The molecule has 0 aliphatic carbocycles. The molecule has 0 amide bonds. The van der Waals surface area contributed by atoms with Gasteiger partial charge in [-0.05, 0) is 43.9 Å². The molecule has 1 aromatic heterocycles. The monoisotopic (exact) mass is 333 g/mol. The first-order chi connectivity index (χ1) is 9.99. The highest BCUT2D eigenvalue weighted by atomic mass is 32.2. The fourth-order valence-corrected chi connectivity index (χ4v) is 3.98. The van der Waals surface area contributed by atoms with Crippen LogP contribution in [0.15, 0.2) is 17.2 Å². The maximum Gasteiger partial charge on any atom is 0.242 e. The summed E-state index contributed by atoms with van der Waals surface area (Å²) in [7, 11) is -3.42. The van der Waals surface area contributed by atoms with Crippen molar-refractivity contribution in [3.63, 3.8) is 0 Å². The Labute approximate surface area is 132 Å². The fraction of sp³-hybridized carbons (Fsp3) is 0.714. The van der Waals surface area contributed by atoms with Gasteiger partial charge in [0, 0.05) is 24.5 Å². The number of aromatic amines is 1. The highest BCUT2D eigenvalue weighted by molar-refractivity contribution is 7.99. The maximum absolute atomic E-state index is 12.3. The minimum absolute atomic E-state index is 0.0504. The SMILES string of the molecule is CCCNCc1cc(S(=O)(=O)NC(C)CCSCC)c[nH]1. The van der Waals surface area contributed by atoms with Crippen molar-refractivity contribution in [2.24, 2.45) is 0 Å². The summed E-state index contributed by atoms with van der Waals surface area (Å²) in [6.07, 6.45) is 3.45. The van der Waals surface area contributed by atoms with E-state index in [4.69, 9.17) is 0 Å². The number of hydrogen-bond donors (Lipinski definition) is 3. The summed E-state index contributed by atoms with van der Waals surface area (Å²) in [6, 6.07) is 1.64. The van der Waals surface area contributed by atoms with Crippen LogP contribution in [0.4, 0.5) is 0 Å². The number of rotatable bonds is 11. The third-order valence-corrected chi connectivity index (χ3v) is 5.53. The van der Waals surface area contributed by atoms with Crippen molar-refractivity contribution < 1.29 is 8.42 Å². The van der Waals surface area contributed by atoms with Crippen molar-refractivity contribution >= 4 is 21.8 Å². The molecule has 3 N–H and O–H groups in total. The van der Waals surface area contributed by atoms with Crippen molar-refractivity contribution in [2.75, 3.05) is 18.1 Å². The van der Waals surface area contributed by atoms with E-state index < -0.39 is 10.0 Å². The normalized spacial score (nSPS) is 13.5. The molecule has 0 saturated heterocycles. The zero-order chi connectivity index (χ0) is 15.7. The van der Waals surface area contributed by atoms with Gasteiger partial charge in [-0.15, -0.1) is 0 Å². The molecule has 1 rings (SSSR count). The molecule has 1 atom stereocenters. The molecule has 1 heterocycles. The predicted molar refractivity (Wildman–Crippen MR) is 90.2 cm³/mol. The molecule has 0 aliphatic rings. The zero-order valence-corrected chi connectivity index (χ0v) is 14.7. The molecule has 0 bridgehead atoms. The number of thioether (sulfide) groups is 1. The summed E-state index contributed by atoms with van der Waals surface area (Å²) in [4.78, 5) is 3.32. The van der Waals surface area contributed by atoms with Crippen molar-refractivity contribution in [3.05, 3.63) is 18.0 Å². The molecule has 0 fully saturated rings. The molecule has 0 saturated carbocycles. The summed E-state index contributed by atoms with van der Waals surface area (Å²) in [6.45, 7) is 7.69. The molecule has 5 nitrogen and oxygen atoms in total. The van der Waals surface area contributed by atoms with Crippen LogP contribution in [0.1, 0.15) is 39.3 Å². The van der Waals surface area contributed by atoms with Crippen LogP contribution < -0.4 is 10.0 Å². The molecule has 1 aromatic rings. The summed E-state index contributed by atoms with van der Waals surface area (Å²) in [5, 5.41) is 3.24. The molecular weight excluding hydrogens is 306 g/mol. The van der Waals surface area contributed by atoms with Crippen LogP contribution in [0.3, 0.4) is 0 Å². The molecule has 122 valence electrons. The molecule has 0 radical (unpaired) electrons. The Hall–Kier alpha value is -0.500. The fourth-order valence-electron chi connectivity index (χ4n) is 1.87. The molecular formula is C14H27N3O2S2. The van der Waals surface area contributed by atoms with E-state index in [1.807, 2.05) is 18.7 Å². The number of nitrogens with one attached hydrogen (secondary N) is 3. The predicted octanol–water partition coefficient (Wildman–Crippen LogP) is 2.32. The standard InChI is InChI=1S/C14H27N3O2S2/c1-4-7-15-10-13-9-14(11-16-13)21(18,19)17-12(3)6-8-20-5-2/h9,11-12,15-17H,4-8,10H2,1-3H3. The molecule has 0 spiro atoms. The first kappa shape index (κ1) is 18.5. The Morgan fingerprint density at radius 2 is 2.14 bits per heavy atom. The highest BCUT2D eigenvalue weighted by Gasteiger charge is 2.18. The van der Waals surface area contributed by atoms with E-state index >= 15 is 0 Å². The number of H-pyrrole nitrogens is 1. The van der Waals surface area contributed by atoms with E-state index in [1.165, 1.54) is 0 Å². The lowest BCUT2D eigenvalue weighted by Crippen LogP contribution is -2.32. The van der Waals surface area contributed by atoms with Crippen LogP contribution in [0.5, 0.6) is 0 Å². The lowest BCUT2D eigenvalue weighted by molar-refractivity contribution is 0.557. The lowest BCUT2D eigenvalue weighted by atomic mass is 10.3. The maximum atomic E-state index is 12.3. The third-order valence-electron chi connectivity index (χ3n) is 3.02. The van der Waals surface area contributed by atoms with Gasteiger partial charge in [-0.3, -0.25) is 0 Å². The van der Waals surface area contributed by atoms with Crippen molar-refractivity contribution in [1.82, 2.24) is 15.0 Å². The van der Waals surface area contributed by atoms with Gasteiger partial charge >= 0.3 is 0 Å². The lowest BCUT2D eigenvalue weighted by Gasteiger charge is -2.12. The smallest absolute Gasteiger partial charge is 0.242 e. The van der Waals surface area contributed by atoms with E-state index in [0.29, 0.717) is 11.4 Å². The van der Waals surface area contributed by atoms with Gasteiger partial charge in [0.2, 0.25) is 10.0 Å². The Morgan fingerprint density at radius 3 is 2.81 bits per heavy atom. The van der Waals surface area contributed by atoms with E-state index in [0.717, 1.165) is 36.6 Å². The van der Waals surface area contributed by atoms with E-state index in [1.54, 1.807) is 12.3 Å². The van der Waals surface area contributed by atoms with Gasteiger partial charge in [-0.1, -0.05) is 13.8 Å².